The predicted molar refractivity (Wildman–Crippen MR) is 105 cm³/mol. The average molecular weight is 389 g/mol. The van der Waals surface area contributed by atoms with E-state index in [9.17, 15) is 14.4 Å². The number of hydrogen-bond donors (Lipinski definition) is 1. The molecule has 0 spiro atoms. The molecule has 0 aliphatic carbocycles. The zero-order chi connectivity index (χ0) is 20.3. The lowest BCUT2D eigenvalue weighted by Gasteiger charge is -2.34. The molecular formula is C21H31N3O4. The van der Waals surface area contributed by atoms with E-state index in [2.05, 4.69) is 4.98 Å². The van der Waals surface area contributed by atoms with Crippen LogP contribution in [0.4, 0.5) is 0 Å². The van der Waals surface area contributed by atoms with Crippen molar-refractivity contribution >= 4 is 17.8 Å². The van der Waals surface area contributed by atoms with Crippen LogP contribution >= 0.6 is 0 Å². The molecule has 0 radical (unpaired) electrons. The fourth-order valence-electron chi connectivity index (χ4n) is 4.44. The SMILES string of the molecule is COC(=O)c1c(C)[nH]c(C(=O)N2CCCC(C(=O)N3CCCCCC3)C2)c1C. The van der Waals surface area contributed by atoms with E-state index in [1.165, 1.54) is 20.0 Å². The van der Waals surface area contributed by atoms with Crippen LogP contribution in [-0.2, 0) is 9.53 Å². The maximum absolute atomic E-state index is 13.1. The highest BCUT2D eigenvalue weighted by atomic mass is 16.5. The Morgan fingerprint density at radius 1 is 0.964 bits per heavy atom. The van der Waals surface area contributed by atoms with Gasteiger partial charge >= 0.3 is 5.97 Å². The Labute approximate surface area is 166 Å². The number of aromatic nitrogens is 1. The van der Waals surface area contributed by atoms with E-state index in [1.807, 2.05) is 4.90 Å². The van der Waals surface area contributed by atoms with Crippen LogP contribution in [0.1, 0.15) is 70.6 Å². The summed E-state index contributed by atoms with van der Waals surface area (Å²) in [6.45, 7) is 6.26. The highest BCUT2D eigenvalue weighted by Gasteiger charge is 2.33. The number of likely N-dealkylation sites (tertiary alicyclic amines) is 2. The molecule has 7 nitrogen and oxygen atoms in total. The molecule has 7 heteroatoms. The third-order valence-corrected chi connectivity index (χ3v) is 6.02. The number of aromatic amines is 1. The van der Waals surface area contributed by atoms with Gasteiger partial charge in [-0.1, -0.05) is 12.8 Å². The molecule has 154 valence electrons. The Bertz CT molecular complexity index is 747. The first kappa shape index (κ1) is 20.4. The van der Waals surface area contributed by atoms with Gasteiger partial charge in [-0.05, 0) is 45.1 Å². The largest absolute Gasteiger partial charge is 0.465 e. The summed E-state index contributed by atoms with van der Waals surface area (Å²) in [6, 6.07) is 0. The van der Waals surface area contributed by atoms with Crippen molar-refractivity contribution in [3.63, 3.8) is 0 Å². The van der Waals surface area contributed by atoms with Crippen LogP contribution in [0.2, 0.25) is 0 Å². The number of carbonyl (C=O) groups is 3. The quantitative estimate of drug-likeness (QED) is 0.806. The summed E-state index contributed by atoms with van der Waals surface area (Å²) in [5.41, 5.74) is 2.07. The van der Waals surface area contributed by atoms with Crippen molar-refractivity contribution in [2.24, 2.45) is 5.92 Å². The maximum Gasteiger partial charge on any atom is 0.339 e. The van der Waals surface area contributed by atoms with E-state index in [1.54, 1.807) is 18.7 Å². The van der Waals surface area contributed by atoms with Gasteiger partial charge in [-0.3, -0.25) is 9.59 Å². The number of piperidine rings is 1. The van der Waals surface area contributed by atoms with Gasteiger partial charge in [0.1, 0.15) is 5.69 Å². The molecule has 2 fully saturated rings. The summed E-state index contributed by atoms with van der Waals surface area (Å²) in [5, 5.41) is 0. The molecule has 1 aromatic rings. The summed E-state index contributed by atoms with van der Waals surface area (Å²) in [5.74, 6) is -0.538. The Morgan fingerprint density at radius 2 is 1.61 bits per heavy atom. The first-order chi connectivity index (χ1) is 13.4. The molecule has 2 aliphatic heterocycles. The normalized spacial score (nSPS) is 20.6. The number of rotatable bonds is 3. The molecule has 2 amide bonds. The van der Waals surface area contributed by atoms with Gasteiger partial charge in [-0.15, -0.1) is 0 Å². The Balaban J connectivity index is 1.73. The van der Waals surface area contributed by atoms with Gasteiger partial charge in [0, 0.05) is 31.9 Å². The van der Waals surface area contributed by atoms with Crippen molar-refractivity contribution in [1.82, 2.24) is 14.8 Å². The molecule has 1 N–H and O–H groups in total. The highest BCUT2D eigenvalue weighted by molar-refractivity contribution is 6.00. The molecule has 1 atom stereocenters. The fourth-order valence-corrected chi connectivity index (χ4v) is 4.44. The highest BCUT2D eigenvalue weighted by Crippen LogP contribution is 2.25. The first-order valence-corrected chi connectivity index (χ1v) is 10.3. The molecule has 3 heterocycles. The summed E-state index contributed by atoms with van der Waals surface area (Å²) in [4.78, 5) is 44.9. The van der Waals surface area contributed by atoms with Crippen LogP contribution in [0, 0.1) is 19.8 Å². The number of nitrogens with zero attached hydrogens (tertiary/aromatic N) is 2. The molecule has 3 rings (SSSR count). The second-order valence-electron chi connectivity index (χ2n) is 7.95. The predicted octanol–water partition coefficient (Wildman–Crippen LogP) is 2.67. The summed E-state index contributed by atoms with van der Waals surface area (Å²) in [6.07, 6.45) is 6.16. The first-order valence-electron chi connectivity index (χ1n) is 10.3. The fraction of sp³-hybridized carbons (Fsp3) is 0.667. The van der Waals surface area contributed by atoms with Crippen LogP contribution in [0.3, 0.4) is 0 Å². The van der Waals surface area contributed by atoms with Crippen molar-refractivity contribution in [1.29, 1.82) is 0 Å². The third kappa shape index (κ3) is 4.08. The minimum Gasteiger partial charge on any atom is -0.465 e. The average Bonchev–Trinajstić information content (AvgIpc) is 2.89. The second kappa shape index (κ2) is 8.80. The van der Waals surface area contributed by atoms with Gasteiger partial charge in [0.05, 0.1) is 18.6 Å². The van der Waals surface area contributed by atoms with Crippen molar-refractivity contribution in [2.45, 2.75) is 52.4 Å². The van der Waals surface area contributed by atoms with E-state index in [0.29, 0.717) is 35.6 Å². The maximum atomic E-state index is 13.1. The smallest absolute Gasteiger partial charge is 0.339 e. The van der Waals surface area contributed by atoms with Crippen LogP contribution < -0.4 is 0 Å². The Hall–Kier alpha value is -2.31. The number of amides is 2. The number of hydrogen-bond acceptors (Lipinski definition) is 4. The molecule has 28 heavy (non-hydrogen) atoms. The zero-order valence-corrected chi connectivity index (χ0v) is 17.2. The topological polar surface area (TPSA) is 82.7 Å². The van der Waals surface area contributed by atoms with Crippen molar-refractivity contribution in [3.8, 4) is 0 Å². The minimum absolute atomic E-state index is 0.132. The third-order valence-electron chi connectivity index (χ3n) is 6.02. The van der Waals surface area contributed by atoms with Crippen molar-refractivity contribution in [3.05, 3.63) is 22.5 Å². The number of H-pyrrole nitrogens is 1. The zero-order valence-electron chi connectivity index (χ0n) is 17.2. The van der Waals surface area contributed by atoms with E-state index >= 15 is 0 Å². The lowest BCUT2D eigenvalue weighted by molar-refractivity contribution is -0.136. The number of ether oxygens (including phenoxy) is 1. The molecule has 2 saturated heterocycles. The second-order valence-corrected chi connectivity index (χ2v) is 7.95. The Kier molecular flexibility index (Phi) is 6.42. The molecule has 1 aromatic heterocycles. The molecule has 1 unspecified atom stereocenters. The van der Waals surface area contributed by atoms with E-state index < -0.39 is 5.97 Å². The van der Waals surface area contributed by atoms with Gasteiger partial charge in [0.15, 0.2) is 0 Å². The molecule has 0 aromatic carbocycles. The summed E-state index contributed by atoms with van der Waals surface area (Å²) < 4.78 is 4.83. The van der Waals surface area contributed by atoms with Crippen molar-refractivity contribution in [2.75, 3.05) is 33.3 Å². The van der Waals surface area contributed by atoms with Crippen LogP contribution in [-0.4, -0.2) is 65.9 Å². The molecule has 0 bridgehead atoms. The van der Waals surface area contributed by atoms with Gasteiger partial charge < -0.3 is 19.5 Å². The number of aryl methyl sites for hydroxylation is 1. The molecular weight excluding hydrogens is 358 g/mol. The standard InChI is InChI=1S/C21H31N3O4/c1-14-17(21(27)28-3)15(2)22-18(14)20(26)24-12-8-9-16(13-24)19(25)23-10-6-4-5-7-11-23/h16,22H,4-13H2,1-3H3. The van der Waals surface area contributed by atoms with Crippen LogP contribution in [0.5, 0.6) is 0 Å². The van der Waals surface area contributed by atoms with Gasteiger partial charge in [0.2, 0.25) is 5.91 Å². The van der Waals surface area contributed by atoms with Crippen LogP contribution in [0.25, 0.3) is 0 Å². The number of nitrogens with one attached hydrogen (secondary N) is 1. The minimum atomic E-state index is -0.446. The van der Waals surface area contributed by atoms with E-state index in [0.717, 1.165) is 38.8 Å². The van der Waals surface area contributed by atoms with Crippen molar-refractivity contribution < 1.29 is 19.1 Å². The van der Waals surface area contributed by atoms with Crippen LogP contribution in [0.15, 0.2) is 0 Å². The van der Waals surface area contributed by atoms with E-state index in [-0.39, 0.29) is 17.7 Å². The number of esters is 1. The molecule has 2 aliphatic rings. The lowest BCUT2D eigenvalue weighted by atomic mass is 9.95. The number of carbonyl (C=O) groups excluding carboxylic acids is 3. The monoisotopic (exact) mass is 389 g/mol. The van der Waals surface area contributed by atoms with E-state index in [4.69, 9.17) is 4.74 Å². The lowest BCUT2D eigenvalue weighted by Crippen LogP contribution is -2.47. The molecule has 0 saturated carbocycles. The van der Waals surface area contributed by atoms with Gasteiger partial charge in [-0.25, -0.2) is 4.79 Å². The summed E-state index contributed by atoms with van der Waals surface area (Å²) >= 11 is 0. The van der Waals surface area contributed by atoms with Gasteiger partial charge in [0.25, 0.3) is 5.91 Å². The summed E-state index contributed by atoms with van der Waals surface area (Å²) in [7, 11) is 1.33. The van der Waals surface area contributed by atoms with Gasteiger partial charge in [-0.2, -0.15) is 0 Å². The Morgan fingerprint density at radius 3 is 2.25 bits per heavy atom. The number of methoxy groups -OCH3 is 1.